The average Bonchev–Trinajstić information content (AvgIpc) is 3.31. The number of nitrogens with zero attached hydrogens (tertiary/aromatic N) is 3. The summed E-state index contributed by atoms with van der Waals surface area (Å²) in [6.07, 6.45) is 5.81. The molecule has 1 saturated heterocycles. The highest BCUT2D eigenvalue weighted by atomic mass is 32.2. The zero-order valence-electron chi connectivity index (χ0n) is 20.6. The number of benzene rings is 1. The van der Waals surface area contributed by atoms with E-state index in [9.17, 15) is 17.6 Å². The van der Waals surface area contributed by atoms with Crippen LogP contribution in [0, 0.1) is 0 Å². The van der Waals surface area contributed by atoms with Crippen LogP contribution >= 0.6 is 11.8 Å². The zero-order chi connectivity index (χ0) is 27.0. The number of aliphatic imine (C=N–C) groups is 2. The van der Waals surface area contributed by atoms with Gasteiger partial charge in [0.25, 0.3) is 0 Å². The number of esters is 1. The Kier molecular flexibility index (Phi) is 9.79. The van der Waals surface area contributed by atoms with Crippen LogP contribution < -0.4 is 4.72 Å². The predicted octanol–water partition coefficient (Wildman–Crippen LogP) is 4.14. The molecule has 196 valence electrons. The molecule has 0 amide bonds. The minimum atomic E-state index is -3.79. The lowest BCUT2D eigenvalue weighted by molar-refractivity contribution is -0.136. The molecule has 11 heteroatoms. The molecule has 2 atom stereocenters. The highest BCUT2D eigenvalue weighted by Crippen LogP contribution is 2.36. The van der Waals surface area contributed by atoms with Crippen molar-refractivity contribution >= 4 is 40.3 Å². The molecule has 2 aliphatic rings. The molecular formula is C26H29FN4O4S2. The number of carbonyl (C=O) groups is 1. The van der Waals surface area contributed by atoms with Gasteiger partial charge in [0.15, 0.2) is 0 Å². The van der Waals surface area contributed by atoms with E-state index in [0.29, 0.717) is 22.9 Å². The van der Waals surface area contributed by atoms with Gasteiger partial charge in [0.2, 0.25) is 10.0 Å². The van der Waals surface area contributed by atoms with E-state index in [4.69, 9.17) is 9.73 Å². The number of fused-ring (bicyclic) bond motifs is 1. The number of hydrogen-bond acceptors (Lipinski definition) is 8. The molecule has 1 N–H and O–H groups in total. The average molecular weight is 545 g/mol. The first-order chi connectivity index (χ1) is 17.7. The molecule has 0 saturated carbocycles. The van der Waals surface area contributed by atoms with Crippen LogP contribution in [-0.2, 0) is 19.6 Å². The van der Waals surface area contributed by atoms with Gasteiger partial charge in [0, 0.05) is 30.9 Å². The van der Waals surface area contributed by atoms with Crippen molar-refractivity contribution in [2.45, 2.75) is 30.3 Å². The smallest absolute Gasteiger partial charge is 0.338 e. The Morgan fingerprint density at radius 1 is 1.35 bits per heavy atom. The number of allylic oxidation sites excluding steroid dienone is 3. The number of rotatable bonds is 11. The van der Waals surface area contributed by atoms with Crippen LogP contribution in [0.3, 0.4) is 0 Å². The first-order valence-electron chi connectivity index (χ1n) is 11.4. The standard InChI is InChI=1S/C26H29FN4O4S2/c1-5-19(27)12-11-18(2)25-24(26(32)35-4)22-15-20(30-37(33,34)21-9-7-6-8-10-21)16-31(22)23(29-25)17-36-14-13-28-3/h5-14,20,25,30H,2-3,15-17H2,1,4H3/b12-11-,14-13-,19-5+/t20-,25-/m0/s1. The number of carbonyl (C=O) groups excluding carboxylic acids is 1. The maximum Gasteiger partial charge on any atom is 0.338 e. The molecule has 0 aliphatic carbocycles. The fraction of sp³-hybridized carbons (Fsp3) is 0.269. The first-order valence-corrected chi connectivity index (χ1v) is 13.9. The lowest BCUT2D eigenvalue weighted by atomic mass is 9.95. The number of amidine groups is 1. The van der Waals surface area contributed by atoms with Crippen LogP contribution in [0.2, 0.25) is 0 Å². The Morgan fingerprint density at radius 3 is 2.73 bits per heavy atom. The van der Waals surface area contributed by atoms with Crippen LogP contribution in [0.25, 0.3) is 0 Å². The maximum absolute atomic E-state index is 13.8. The molecule has 1 fully saturated rings. The molecule has 0 unspecified atom stereocenters. The van der Waals surface area contributed by atoms with Gasteiger partial charge in [-0.05, 0) is 42.8 Å². The van der Waals surface area contributed by atoms with E-state index in [1.807, 2.05) is 4.90 Å². The third-order valence-electron chi connectivity index (χ3n) is 5.68. The quantitative estimate of drug-likeness (QED) is 0.255. The van der Waals surface area contributed by atoms with Gasteiger partial charge in [-0.15, -0.1) is 11.8 Å². The summed E-state index contributed by atoms with van der Waals surface area (Å²) in [5.41, 5.74) is 1.23. The normalized spacial score (nSPS) is 20.4. The number of methoxy groups -OCH3 is 1. The first kappa shape index (κ1) is 28.3. The van der Waals surface area contributed by atoms with Gasteiger partial charge in [0.1, 0.15) is 17.7 Å². The second-order valence-corrected chi connectivity index (χ2v) is 10.7. The lowest BCUT2D eigenvalue weighted by Crippen LogP contribution is -2.41. The van der Waals surface area contributed by atoms with Crippen molar-refractivity contribution in [3.8, 4) is 0 Å². The van der Waals surface area contributed by atoms with Crippen LogP contribution in [0.4, 0.5) is 4.39 Å². The highest BCUT2D eigenvalue weighted by molar-refractivity contribution is 8.02. The molecule has 8 nitrogen and oxygen atoms in total. The van der Waals surface area contributed by atoms with Crippen LogP contribution in [0.1, 0.15) is 13.3 Å². The number of sulfonamides is 1. The van der Waals surface area contributed by atoms with Gasteiger partial charge in [-0.1, -0.05) is 36.9 Å². The van der Waals surface area contributed by atoms with Crippen LogP contribution in [0.5, 0.6) is 0 Å². The van der Waals surface area contributed by atoms with Crippen molar-refractivity contribution in [3.05, 3.63) is 89.4 Å². The third-order valence-corrected chi connectivity index (χ3v) is 7.96. The predicted molar refractivity (Wildman–Crippen MR) is 146 cm³/mol. The van der Waals surface area contributed by atoms with E-state index in [2.05, 4.69) is 23.0 Å². The maximum atomic E-state index is 13.8. The SMILES string of the molecule is C=N/C=C\SCC1=N[C@@H](C(=C)/C=C\C(F)=C/C)C(C(=O)OC)=C2C[C@H](NS(=O)(=O)c3ccccc3)CN12. The van der Waals surface area contributed by atoms with Crippen molar-refractivity contribution < 1.29 is 22.3 Å². The van der Waals surface area contributed by atoms with Gasteiger partial charge >= 0.3 is 5.97 Å². The molecule has 1 aromatic rings. The fourth-order valence-electron chi connectivity index (χ4n) is 3.97. The fourth-order valence-corrected chi connectivity index (χ4v) is 5.86. The van der Waals surface area contributed by atoms with E-state index >= 15 is 0 Å². The Hall–Kier alpha value is -3.28. The largest absolute Gasteiger partial charge is 0.466 e. The molecule has 3 rings (SSSR count). The molecule has 37 heavy (non-hydrogen) atoms. The molecule has 2 heterocycles. The van der Waals surface area contributed by atoms with Gasteiger partial charge in [0.05, 0.1) is 23.3 Å². The van der Waals surface area contributed by atoms with Crippen molar-refractivity contribution in [2.75, 3.05) is 19.4 Å². The van der Waals surface area contributed by atoms with Crippen molar-refractivity contribution in [1.82, 2.24) is 9.62 Å². The van der Waals surface area contributed by atoms with Crippen molar-refractivity contribution in [1.29, 1.82) is 0 Å². The molecule has 0 aromatic heterocycles. The molecule has 2 aliphatic heterocycles. The molecule has 0 radical (unpaired) electrons. The zero-order valence-corrected chi connectivity index (χ0v) is 22.3. The highest BCUT2D eigenvalue weighted by Gasteiger charge is 2.41. The van der Waals surface area contributed by atoms with E-state index in [-0.39, 0.29) is 23.4 Å². The summed E-state index contributed by atoms with van der Waals surface area (Å²) in [5.74, 6) is -0.0275. The van der Waals surface area contributed by atoms with Gasteiger partial charge in [-0.3, -0.25) is 9.98 Å². The lowest BCUT2D eigenvalue weighted by Gasteiger charge is -2.32. The number of thioether (sulfide) groups is 1. The third kappa shape index (κ3) is 6.94. The van der Waals surface area contributed by atoms with Crippen molar-refractivity contribution in [3.63, 3.8) is 0 Å². The summed E-state index contributed by atoms with van der Waals surface area (Å²) in [4.78, 5) is 23.4. The van der Waals surface area contributed by atoms with Gasteiger partial charge in [-0.25, -0.2) is 22.3 Å². The van der Waals surface area contributed by atoms with Gasteiger partial charge < -0.3 is 9.64 Å². The molecular weight excluding hydrogens is 515 g/mol. The Bertz CT molecular complexity index is 1300. The summed E-state index contributed by atoms with van der Waals surface area (Å²) >= 11 is 1.41. The summed E-state index contributed by atoms with van der Waals surface area (Å²) in [5, 5.41) is 1.76. The topological polar surface area (TPSA) is 100 Å². The van der Waals surface area contributed by atoms with Gasteiger partial charge in [-0.2, -0.15) is 0 Å². The van der Waals surface area contributed by atoms with E-state index in [0.717, 1.165) is 0 Å². The number of hydrogen-bond donors (Lipinski definition) is 1. The Morgan fingerprint density at radius 2 is 2.08 bits per heavy atom. The number of halogens is 1. The van der Waals surface area contributed by atoms with Crippen LogP contribution in [-0.4, -0.2) is 63.3 Å². The molecule has 0 bridgehead atoms. The van der Waals surface area contributed by atoms with E-state index in [1.54, 1.807) is 36.7 Å². The minimum absolute atomic E-state index is 0.149. The second kappa shape index (κ2) is 12.8. The Balaban J connectivity index is 2.00. The van der Waals surface area contributed by atoms with E-state index in [1.165, 1.54) is 49.2 Å². The second-order valence-electron chi connectivity index (χ2n) is 8.11. The summed E-state index contributed by atoms with van der Waals surface area (Å²) in [6, 6.07) is 6.73. The summed E-state index contributed by atoms with van der Waals surface area (Å²) in [7, 11) is -2.52. The van der Waals surface area contributed by atoms with Crippen molar-refractivity contribution in [2.24, 2.45) is 9.98 Å². The summed E-state index contributed by atoms with van der Waals surface area (Å²) < 4.78 is 47.5. The Labute approximate surface area is 221 Å². The monoisotopic (exact) mass is 544 g/mol. The molecule has 0 spiro atoms. The number of ether oxygens (including phenoxy) is 1. The van der Waals surface area contributed by atoms with Crippen LogP contribution in [0.15, 0.2) is 104 Å². The minimum Gasteiger partial charge on any atom is -0.466 e. The summed E-state index contributed by atoms with van der Waals surface area (Å²) in [6.45, 7) is 9.28. The molecule has 1 aromatic carbocycles. The van der Waals surface area contributed by atoms with E-state index < -0.39 is 33.9 Å². The number of nitrogens with one attached hydrogen (secondary N) is 1.